The van der Waals surface area contributed by atoms with Crippen molar-refractivity contribution in [1.29, 1.82) is 0 Å². The fraction of sp³-hybridized carbons (Fsp3) is 0.480. The second kappa shape index (κ2) is 9.63. The highest BCUT2D eigenvalue weighted by Crippen LogP contribution is 2.33. The van der Waals surface area contributed by atoms with Crippen LogP contribution in [0.25, 0.3) is 0 Å². The number of amides is 1. The predicted octanol–water partition coefficient (Wildman–Crippen LogP) is 3.82. The molecule has 2 heterocycles. The van der Waals surface area contributed by atoms with Crippen molar-refractivity contribution in [2.75, 3.05) is 26.2 Å². The van der Waals surface area contributed by atoms with Crippen molar-refractivity contribution in [1.82, 2.24) is 15.1 Å². The first-order valence-electron chi connectivity index (χ1n) is 11.3. The van der Waals surface area contributed by atoms with Crippen molar-refractivity contribution in [2.45, 2.75) is 52.4 Å². The third-order valence-corrected chi connectivity index (χ3v) is 6.38. The Labute approximate surface area is 180 Å². The van der Waals surface area contributed by atoms with Gasteiger partial charge < -0.3 is 15.0 Å². The lowest BCUT2D eigenvalue weighted by molar-refractivity contribution is 0.0674. The normalized spacial score (nSPS) is 18.7. The second-order valence-electron chi connectivity index (χ2n) is 8.28. The fourth-order valence-electron chi connectivity index (χ4n) is 4.46. The summed E-state index contributed by atoms with van der Waals surface area (Å²) >= 11 is 0. The first kappa shape index (κ1) is 20.9. The monoisotopic (exact) mass is 407 g/mol. The Morgan fingerprint density at radius 2 is 1.87 bits per heavy atom. The van der Waals surface area contributed by atoms with Gasteiger partial charge in [-0.25, -0.2) is 0 Å². The van der Waals surface area contributed by atoms with Gasteiger partial charge in [0.2, 0.25) is 0 Å². The zero-order valence-electron chi connectivity index (χ0n) is 18.2. The van der Waals surface area contributed by atoms with Gasteiger partial charge in [0.15, 0.2) is 0 Å². The Kier molecular flexibility index (Phi) is 6.70. The quantitative estimate of drug-likeness (QED) is 0.723. The van der Waals surface area contributed by atoms with E-state index in [4.69, 9.17) is 4.74 Å². The molecule has 30 heavy (non-hydrogen) atoms. The summed E-state index contributed by atoms with van der Waals surface area (Å²) in [5.74, 6) is 0.976. The first-order chi connectivity index (χ1) is 14.7. The van der Waals surface area contributed by atoms with Crippen LogP contribution in [0.15, 0.2) is 42.5 Å². The number of nitrogens with one attached hydrogen (secondary N) is 1. The molecule has 0 bridgehead atoms. The molecule has 0 spiro atoms. The number of benzene rings is 2. The van der Waals surface area contributed by atoms with Crippen molar-refractivity contribution < 1.29 is 9.53 Å². The molecule has 0 radical (unpaired) electrons. The lowest BCUT2D eigenvalue weighted by Gasteiger charge is -2.31. The molecule has 1 fully saturated rings. The minimum Gasteiger partial charge on any atom is -0.489 e. The number of ether oxygens (including phenoxy) is 1. The highest BCUT2D eigenvalue weighted by atomic mass is 16.5. The molecule has 1 atom stereocenters. The maximum Gasteiger partial charge on any atom is 0.254 e. The molecule has 1 unspecified atom stereocenters. The summed E-state index contributed by atoms with van der Waals surface area (Å²) in [6.07, 6.45) is 2.20. The van der Waals surface area contributed by atoms with Gasteiger partial charge in [-0.1, -0.05) is 44.2 Å². The highest BCUT2D eigenvalue weighted by molar-refractivity contribution is 5.99. The molecule has 0 saturated carbocycles. The standard InChI is InChI=1S/C25H33N3O2/c1-3-27(4-2)16-19-10-12-20(13-11-19)18-30-24-9-5-8-22-23(24)17-28(25(22)29)21-7-6-14-26-15-21/h5,8-13,21,26H,3-4,6-7,14-18H2,1-2H3. The van der Waals surface area contributed by atoms with Crippen LogP contribution in [0.3, 0.4) is 0 Å². The summed E-state index contributed by atoms with van der Waals surface area (Å²) in [5, 5.41) is 3.42. The Balaban J connectivity index is 1.40. The number of hydrogen-bond acceptors (Lipinski definition) is 4. The maximum atomic E-state index is 12.9. The number of nitrogens with zero attached hydrogens (tertiary/aromatic N) is 2. The molecule has 2 aromatic rings. The van der Waals surface area contributed by atoms with Crippen LogP contribution in [-0.2, 0) is 19.7 Å². The Morgan fingerprint density at radius 3 is 2.57 bits per heavy atom. The van der Waals surface area contributed by atoms with Crippen molar-refractivity contribution in [3.05, 3.63) is 64.7 Å². The largest absolute Gasteiger partial charge is 0.489 e. The molecule has 4 rings (SSSR count). The number of carbonyl (C=O) groups is 1. The van der Waals surface area contributed by atoms with Gasteiger partial charge in [0, 0.05) is 30.3 Å². The van der Waals surface area contributed by atoms with E-state index >= 15 is 0 Å². The van der Waals surface area contributed by atoms with Crippen LogP contribution in [0.5, 0.6) is 5.75 Å². The lowest BCUT2D eigenvalue weighted by atomic mass is 10.1. The number of fused-ring (bicyclic) bond motifs is 1. The molecule has 2 aliphatic heterocycles. The molecule has 1 N–H and O–H groups in total. The number of rotatable bonds is 8. The van der Waals surface area contributed by atoms with Crippen molar-refractivity contribution in [2.24, 2.45) is 0 Å². The van der Waals surface area contributed by atoms with Crippen LogP contribution in [0, 0.1) is 0 Å². The SMILES string of the molecule is CCN(CC)Cc1ccc(COc2cccc3c2CN(C2CCCNC2)C3=O)cc1. The van der Waals surface area contributed by atoms with Crippen LogP contribution in [0.1, 0.15) is 53.7 Å². The molecule has 2 aromatic carbocycles. The minimum atomic E-state index is 0.143. The zero-order valence-corrected chi connectivity index (χ0v) is 18.2. The first-order valence-corrected chi connectivity index (χ1v) is 11.3. The van der Waals surface area contributed by atoms with Crippen LogP contribution in [0.2, 0.25) is 0 Å². The minimum absolute atomic E-state index is 0.143. The third kappa shape index (κ3) is 4.52. The molecular weight excluding hydrogens is 374 g/mol. The van der Waals surface area contributed by atoms with E-state index in [9.17, 15) is 4.79 Å². The lowest BCUT2D eigenvalue weighted by Crippen LogP contribution is -2.46. The Morgan fingerprint density at radius 1 is 1.10 bits per heavy atom. The van der Waals surface area contributed by atoms with Gasteiger partial charge in [-0.15, -0.1) is 0 Å². The van der Waals surface area contributed by atoms with Gasteiger partial charge in [-0.3, -0.25) is 9.69 Å². The van der Waals surface area contributed by atoms with Crippen LogP contribution < -0.4 is 10.1 Å². The van der Waals surface area contributed by atoms with E-state index < -0.39 is 0 Å². The van der Waals surface area contributed by atoms with Crippen molar-refractivity contribution in [3.63, 3.8) is 0 Å². The molecule has 0 aromatic heterocycles. The van der Waals surface area contributed by atoms with Gasteiger partial charge in [0.1, 0.15) is 12.4 Å². The predicted molar refractivity (Wildman–Crippen MR) is 120 cm³/mol. The van der Waals surface area contributed by atoms with Crippen LogP contribution >= 0.6 is 0 Å². The maximum absolute atomic E-state index is 12.9. The van der Waals surface area contributed by atoms with E-state index in [1.54, 1.807) is 0 Å². The van der Waals surface area contributed by atoms with E-state index in [-0.39, 0.29) is 11.9 Å². The molecule has 1 saturated heterocycles. The Bertz CT molecular complexity index is 855. The van der Waals surface area contributed by atoms with E-state index in [0.717, 1.165) is 68.0 Å². The van der Waals surface area contributed by atoms with Crippen molar-refractivity contribution >= 4 is 5.91 Å². The van der Waals surface area contributed by atoms with Gasteiger partial charge in [0.25, 0.3) is 5.91 Å². The van der Waals surface area contributed by atoms with Crippen LogP contribution in [0.4, 0.5) is 0 Å². The van der Waals surface area contributed by atoms with E-state index in [1.165, 1.54) is 5.56 Å². The van der Waals surface area contributed by atoms with E-state index in [0.29, 0.717) is 13.2 Å². The smallest absolute Gasteiger partial charge is 0.254 e. The molecule has 1 amide bonds. The summed E-state index contributed by atoms with van der Waals surface area (Å²) in [4.78, 5) is 17.4. The molecule has 5 nitrogen and oxygen atoms in total. The topological polar surface area (TPSA) is 44.8 Å². The molecule has 2 aliphatic rings. The van der Waals surface area contributed by atoms with Gasteiger partial charge >= 0.3 is 0 Å². The summed E-state index contributed by atoms with van der Waals surface area (Å²) in [7, 11) is 0. The van der Waals surface area contributed by atoms with Gasteiger partial charge in [-0.2, -0.15) is 0 Å². The third-order valence-electron chi connectivity index (χ3n) is 6.38. The molecule has 5 heteroatoms. The summed E-state index contributed by atoms with van der Waals surface area (Å²) in [5.41, 5.74) is 4.30. The Hall–Kier alpha value is -2.37. The van der Waals surface area contributed by atoms with Crippen LogP contribution in [-0.4, -0.2) is 47.9 Å². The summed E-state index contributed by atoms with van der Waals surface area (Å²) in [6, 6.07) is 14.8. The average molecular weight is 408 g/mol. The molecular formula is C25H33N3O2. The highest BCUT2D eigenvalue weighted by Gasteiger charge is 2.35. The number of carbonyl (C=O) groups excluding carboxylic acids is 1. The second-order valence-corrected chi connectivity index (χ2v) is 8.28. The van der Waals surface area contributed by atoms with Gasteiger partial charge in [0.05, 0.1) is 6.54 Å². The molecule has 160 valence electrons. The van der Waals surface area contributed by atoms with Gasteiger partial charge in [-0.05, 0) is 55.7 Å². The zero-order chi connectivity index (χ0) is 20.9. The average Bonchev–Trinajstić information content (AvgIpc) is 3.14. The summed E-state index contributed by atoms with van der Waals surface area (Å²) in [6.45, 7) is 10.6. The number of piperidine rings is 1. The fourth-order valence-corrected chi connectivity index (χ4v) is 4.46. The van der Waals surface area contributed by atoms with E-state index in [2.05, 4.69) is 48.3 Å². The summed E-state index contributed by atoms with van der Waals surface area (Å²) < 4.78 is 6.18. The van der Waals surface area contributed by atoms with E-state index in [1.807, 2.05) is 23.1 Å². The van der Waals surface area contributed by atoms with Crippen molar-refractivity contribution in [3.8, 4) is 5.75 Å². The molecule has 0 aliphatic carbocycles. The number of hydrogen-bond donors (Lipinski definition) is 1.